The average molecular weight is 790 g/mol. The molecule has 8 N–H and O–H groups in total. The second-order valence-corrected chi connectivity index (χ2v) is 16.5. The Morgan fingerprint density at radius 3 is 1.35 bits per heavy atom. The van der Waals surface area contributed by atoms with Gasteiger partial charge in [-0.3, -0.25) is 4.79 Å². The first-order valence-electron chi connectivity index (χ1n) is 22.9. The molecule has 1 aliphatic rings. The van der Waals surface area contributed by atoms with E-state index in [2.05, 4.69) is 19.2 Å². The summed E-state index contributed by atoms with van der Waals surface area (Å²) < 4.78 is 11.1. The van der Waals surface area contributed by atoms with Crippen LogP contribution < -0.4 is 5.32 Å². The second-order valence-electron chi connectivity index (χ2n) is 16.5. The molecule has 55 heavy (non-hydrogen) atoms. The summed E-state index contributed by atoms with van der Waals surface area (Å²) >= 11 is 0. The molecule has 0 spiro atoms. The highest BCUT2D eigenvalue weighted by atomic mass is 16.7. The standard InChI is InChI=1S/C44H87NO10/c1-3-5-7-9-11-13-15-17-18-20-21-23-25-27-29-31-36(47)39(49)35(34-54-44-42(52)41(51)40(50)38(33-46)55-44)45-43(53)37(48)32-30-28-26-24-22-19-16-14-12-10-8-6-4-2/h35-42,44,46-52H,3-34H2,1-2H3,(H,45,53). The van der Waals surface area contributed by atoms with Crippen LogP contribution in [0.1, 0.15) is 206 Å². The monoisotopic (exact) mass is 790 g/mol. The van der Waals surface area contributed by atoms with Crippen LogP contribution in [-0.4, -0.2) is 110 Å². The maximum Gasteiger partial charge on any atom is 0.249 e. The molecule has 1 aliphatic heterocycles. The molecule has 1 amide bonds. The van der Waals surface area contributed by atoms with Crippen molar-refractivity contribution in [3.8, 4) is 0 Å². The van der Waals surface area contributed by atoms with Crippen LogP contribution in [0.15, 0.2) is 0 Å². The third-order valence-electron chi connectivity index (χ3n) is 11.4. The van der Waals surface area contributed by atoms with E-state index in [1.807, 2.05) is 0 Å². The van der Waals surface area contributed by atoms with E-state index in [-0.39, 0.29) is 6.42 Å². The van der Waals surface area contributed by atoms with Gasteiger partial charge in [0.25, 0.3) is 0 Å². The van der Waals surface area contributed by atoms with Crippen LogP contribution in [0.4, 0.5) is 0 Å². The maximum atomic E-state index is 13.1. The van der Waals surface area contributed by atoms with E-state index in [0.717, 1.165) is 38.5 Å². The van der Waals surface area contributed by atoms with Crippen LogP contribution in [0.2, 0.25) is 0 Å². The Balaban J connectivity index is 2.46. The van der Waals surface area contributed by atoms with E-state index in [0.29, 0.717) is 19.3 Å². The van der Waals surface area contributed by atoms with E-state index < -0.39 is 74.2 Å². The zero-order valence-electron chi connectivity index (χ0n) is 35.2. The molecule has 0 aromatic heterocycles. The Hall–Kier alpha value is -0.890. The first-order valence-corrected chi connectivity index (χ1v) is 22.9. The summed E-state index contributed by atoms with van der Waals surface area (Å²) in [4.78, 5) is 13.1. The number of aliphatic hydroxyl groups is 7. The average Bonchev–Trinajstić information content (AvgIpc) is 3.18. The number of rotatable bonds is 38. The molecule has 0 aromatic rings. The van der Waals surface area contributed by atoms with Gasteiger partial charge in [0.15, 0.2) is 6.29 Å². The topological polar surface area (TPSA) is 189 Å². The summed E-state index contributed by atoms with van der Waals surface area (Å²) in [5, 5.41) is 75.6. The van der Waals surface area contributed by atoms with Gasteiger partial charge >= 0.3 is 0 Å². The van der Waals surface area contributed by atoms with Crippen LogP contribution in [0.5, 0.6) is 0 Å². The van der Waals surface area contributed by atoms with Gasteiger partial charge in [-0.15, -0.1) is 0 Å². The first kappa shape index (κ1) is 52.1. The number of carbonyl (C=O) groups is 1. The Morgan fingerprint density at radius 1 is 0.564 bits per heavy atom. The van der Waals surface area contributed by atoms with Gasteiger partial charge in [0, 0.05) is 0 Å². The molecule has 0 aromatic carbocycles. The molecule has 0 radical (unpaired) electrons. The van der Waals surface area contributed by atoms with Crippen molar-refractivity contribution < 1.29 is 50.0 Å². The Morgan fingerprint density at radius 2 is 0.945 bits per heavy atom. The molecule has 11 nitrogen and oxygen atoms in total. The molecule has 1 rings (SSSR count). The highest BCUT2D eigenvalue weighted by molar-refractivity contribution is 5.80. The Labute approximate surface area is 335 Å². The summed E-state index contributed by atoms with van der Waals surface area (Å²) in [6, 6.07) is -1.16. The minimum Gasteiger partial charge on any atom is -0.394 e. The third kappa shape index (κ3) is 25.3. The van der Waals surface area contributed by atoms with Crippen molar-refractivity contribution in [2.75, 3.05) is 13.2 Å². The van der Waals surface area contributed by atoms with Crippen molar-refractivity contribution in [3.63, 3.8) is 0 Å². The molecule has 9 atom stereocenters. The fourth-order valence-corrected chi connectivity index (χ4v) is 7.56. The fraction of sp³-hybridized carbons (Fsp3) is 0.977. The van der Waals surface area contributed by atoms with Crippen molar-refractivity contribution in [1.29, 1.82) is 0 Å². The molecule has 1 fully saturated rings. The molecule has 11 heteroatoms. The van der Waals surface area contributed by atoms with Gasteiger partial charge in [-0.1, -0.05) is 194 Å². The number of ether oxygens (including phenoxy) is 2. The highest BCUT2D eigenvalue weighted by Gasteiger charge is 2.44. The smallest absolute Gasteiger partial charge is 0.249 e. The lowest BCUT2D eigenvalue weighted by Crippen LogP contribution is -2.60. The molecule has 1 heterocycles. The molecule has 0 saturated carbocycles. The molecular weight excluding hydrogens is 702 g/mol. The van der Waals surface area contributed by atoms with Gasteiger partial charge in [-0.2, -0.15) is 0 Å². The minimum absolute atomic E-state index is 0.266. The lowest BCUT2D eigenvalue weighted by atomic mass is 9.98. The largest absolute Gasteiger partial charge is 0.394 e. The molecule has 328 valence electrons. The van der Waals surface area contributed by atoms with E-state index in [4.69, 9.17) is 9.47 Å². The van der Waals surface area contributed by atoms with Crippen molar-refractivity contribution in [1.82, 2.24) is 5.32 Å². The molecule has 9 unspecified atom stereocenters. The number of carbonyl (C=O) groups excluding carboxylic acids is 1. The van der Waals surface area contributed by atoms with Crippen molar-refractivity contribution in [2.45, 2.75) is 262 Å². The van der Waals surface area contributed by atoms with E-state index in [9.17, 15) is 40.5 Å². The summed E-state index contributed by atoms with van der Waals surface area (Å²) in [5.74, 6) is -0.695. The van der Waals surface area contributed by atoms with E-state index in [1.54, 1.807) is 0 Å². The van der Waals surface area contributed by atoms with Crippen molar-refractivity contribution >= 4 is 5.91 Å². The van der Waals surface area contributed by atoms with Crippen LogP contribution in [0.3, 0.4) is 0 Å². The normalized spacial score (nSPS) is 22.4. The molecule has 1 saturated heterocycles. The number of hydrogen-bond acceptors (Lipinski definition) is 10. The SMILES string of the molecule is CCCCCCCCCCCCCCCCCC(O)C(O)C(COC1OC(CO)C(O)C(O)C1O)NC(=O)C(O)CCCCCCCCCCCCCCC. The zero-order chi connectivity index (χ0) is 40.5. The van der Waals surface area contributed by atoms with Crippen LogP contribution >= 0.6 is 0 Å². The van der Waals surface area contributed by atoms with Gasteiger partial charge in [0.2, 0.25) is 5.91 Å². The Bertz CT molecular complexity index is 866. The van der Waals surface area contributed by atoms with Crippen LogP contribution in [-0.2, 0) is 14.3 Å². The lowest BCUT2D eigenvalue weighted by Gasteiger charge is -2.40. The molecule has 0 bridgehead atoms. The number of aliphatic hydroxyl groups excluding tert-OH is 7. The highest BCUT2D eigenvalue weighted by Crippen LogP contribution is 2.23. The minimum atomic E-state index is -1.65. The zero-order valence-corrected chi connectivity index (χ0v) is 35.2. The van der Waals surface area contributed by atoms with Crippen molar-refractivity contribution in [3.05, 3.63) is 0 Å². The quantitative estimate of drug-likeness (QED) is 0.0300. The summed E-state index contributed by atoms with van der Waals surface area (Å²) in [6.07, 6.45) is 22.9. The first-order chi connectivity index (χ1) is 26.7. The number of unbranched alkanes of at least 4 members (excludes halogenated alkanes) is 26. The predicted octanol–water partition coefficient (Wildman–Crippen LogP) is 7.11. The second kappa shape index (κ2) is 35.1. The summed E-state index contributed by atoms with van der Waals surface area (Å²) in [6.45, 7) is 3.44. The Kier molecular flexibility index (Phi) is 33.3. The van der Waals surface area contributed by atoms with Crippen LogP contribution in [0.25, 0.3) is 0 Å². The van der Waals surface area contributed by atoms with Gasteiger partial charge in [-0.25, -0.2) is 0 Å². The predicted molar refractivity (Wildman–Crippen MR) is 220 cm³/mol. The number of hydrogen-bond donors (Lipinski definition) is 8. The summed E-state index contributed by atoms with van der Waals surface area (Å²) in [7, 11) is 0. The third-order valence-corrected chi connectivity index (χ3v) is 11.4. The number of amides is 1. The fourth-order valence-electron chi connectivity index (χ4n) is 7.56. The maximum absolute atomic E-state index is 13.1. The van der Waals surface area contributed by atoms with Crippen molar-refractivity contribution in [2.24, 2.45) is 0 Å². The number of nitrogens with one attached hydrogen (secondary N) is 1. The van der Waals surface area contributed by atoms with Gasteiger partial charge in [0.05, 0.1) is 25.4 Å². The van der Waals surface area contributed by atoms with Crippen LogP contribution in [0, 0.1) is 0 Å². The van der Waals surface area contributed by atoms with E-state index in [1.165, 1.54) is 128 Å². The van der Waals surface area contributed by atoms with E-state index >= 15 is 0 Å². The van der Waals surface area contributed by atoms with Gasteiger partial charge < -0.3 is 50.5 Å². The summed E-state index contributed by atoms with van der Waals surface area (Å²) in [5.41, 5.74) is 0. The molecular formula is C44H87NO10. The van der Waals surface area contributed by atoms with Gasteiger partial charge in [0.1, 0.15) is 36.6 Å². The lowest BCUT2D eigenvalue weighted by molar-refractivity contribution is -0.303. The molecule has 0 aliphatic carbocycles. The van der Waals surface area contributed by atoms with Gasteiger partial charge in [-0.05, 0) is 12.8 Å².